The number of carbonyl (C=O) groups is 1. The molecule has 0 bridgehead atoms. The highest BCUT2D eigenvalue weighted by Crippen LogP contribution is 2.26. The summed E-state index contributed by atoms with van der Waals surface area (Å²) in [6.07, 6.45) is 0. The average Bonchev–Trinajstić information content (AvgIpc) is 2.85. The molecule has 0 aliphatic rings. The third-order valence-electron chi connectivity index (χ3n) is 5.98. The third-order valence-corrected chi connectivity index (χ3v) is 7.36. The minimum atomic E-state index is -3.79. The zero-order chi connectivity index (χ0) is 25.0. The molecule has 0 fully saturated rings. The van der Waals surface area contributed by atoms with Crippen molar-refractivity contribution in [3.63, 3.8) is 0 Å². The van der Waals surface area contributed by atoms with Gasteiger partial charge in [0.05, 0.1) is 16.6 Å². The smallest absolute Gasteiger partial charge is 0.261 e. The molecule has 5 nitrogen and oxygen atoms in total. The minimum Gasteiger partial charge on any atom is -0.341 e. The maximum Gasteiger partial charge on any atom is 0.261 e. The second-order valence-electron chi connectivity index (χ2n) is 8.62. The van der Waals surface area contributed by atoms with E-state index in [9.17, 15) is 13.2 Å². The number of carbonyl (C=O) groups excluding carboxylic acids is 1. The Labute approximate surface area is 206 Å². The predicted molar refractivity (Wildman–Crippen MR) is 140 cm³/mol. The Morgan fingerprint density at radius 2 is 1.40 bits per heavy atom. The number of benzene rings is 4. The van der Waals surface area contributed by atoms with Gasteiger partial charge in [-0.05, 0) is 67.3 Å². The molecule has 0 aliphatic carbocycles. The Morgan fingerprint density at radius 1 is 0.743 bits per heavy atom. The lowest BCUT2D eigenvalue weighted by molar-refractivity contribution is 0.0943. The van der Waals surface area contributed by atoms with Gasteiger partial charge in [-0.25, -0.2) is 8.42 Å². The first-order valence-corrected chi connectivity index (χ1v) is 12.8. The second-order valence-corrected chi connectivity index (χ2v) is 10.3. The SMILES string of the molecule is Cc1ccc(S(=O)(=O)Nc2cc(C(=O)N[C@@H](c3ccccc3)c3ccccc3C)ccc2C)cc1. The van der Waals surface area contributed by atoms with Crippen molar-refractivity contribution in [1.29, 1.82) is 0 Å². The molecule has 1 atom stereocenters. The summed E-state index contributed by atoms with van der Waals surface area (Å²) in [6.45, 7) is 5.71. The van der Waals surface area contributed by atoms with Crippen LogP contribution < -0.4 is 10.0 Å². The maximum absolute atomic E-state index is 13.4. The molecule has 0 saturated heterocycles. The first-order chi connectivity index (χ1) is 16.7. The number of amides is 1. The first kappa shape index (κ1) is 24.2. The lowest BCUT2D eigenvalue weighted by Crippen LogP contribution is -2.30. The van der Waals surface area contributed by atoms with Crippen LogP contribution >= 0.6 is 0 Å². The molecule has 35 heavy (non-hydrogen) atoms. The van der Waals surface area contributed by atoms with Crippen LogP contribution in [0, 0.1) is 20.8 Å². The molecule has 0 saturated carbocycles. The predicted octanol–water partition coefficient (Wildman–Crippen LogP) is 5.93. The van der Waals surface area contributed by atoms with Crippen molar-refractivity contribution >= 4 is 21.6 Å². The molecule has 6 heteroatoms. The molecule has 0 aromatic heterocycles. The summed E-state index contributed by atoms with van der Waals surface area (Å²) in [7, 11) is -3.79. The van der Waals surface area contributed by atoms with E-state index >= 15 is 0 Å². The van der Waals surface area contributed by atoms with Gasteiger partial charge >= 0.3 is 0 Å². The van der Waals surface area contributed by atoms with Crippen LogP contribution in [0.1, 0.15) is 44.2 Å². The Kier molecular flexibility index (Phi) is 7.03. The first-order valence-electron chi connectivity index (χ1n) is 11.4. The van der Waals surface area contributed by atoms with Crippen LogP contribution in [0.5, 0.6) is 0 Å². The molecule has 0 radical (unpaired) electrons. The van der Waals surface area contributed by atoms with Crippen molar-refractivity contribution in [2.75, 3.05) is 4.72 Å². The van der Waals surface area contributed by atoms with Gasteiger partial charge in [0.2, 0.25) is 0 Å². The fourth-order valence-electron chi connectivity index (χ4n) is 3.91. The van der Waals surface area contributed by atoms with Gasteiger partial charge in [-0.15, -0.1) is 0 Å². The Balaban J connectivity index is 1.63. The van der Waals surface area contributed by atoms with Gasteiger partial charge in [0.1, 0.15) is 0 Å². The van der Waals surface area contributed by atoms with Gasteiger partial charge in [0.15, 0.2) is 0 Å². The number of nitrogens with one attached hydrogen (secondary N) is 2. The summed E-state index contributed by atoms with van der Waals surface area (Å²) in [5, 5.41) is 3.14. The highest BCUT2D eigenvalue weighted by Gasteiger charge is 2.21. The molecule has 4 aromatic rings. The van der Waals surface area contributed by atoms with E-state index in [-0.39, 0.29) is 16.8 Å². The van der Waals surface area contributed by atoms with Crippen LogP contribution in [0.15, 0.2) is 102 Å². The normalized spacial score (nSPS) is 12.1. The summed E-state index contributed by atoms with van der Waals surface area (Å²) < 4.78 is 28.5. The maximum atomic E-state index is 13.4. The van der Waals surface area contributed by atoms with E-state index < -0.39 is 10.0 Å². The third kappa shape index (κ3) is 5.61. The molecule has 0 unspecified atom stereocenters. The number of rotatable bonds is 7. The highest BCUT2D eigenvalue weighted by atomic mass is 32.2. The number of aryl methyl sites for hydroxylation is 3. The summed E-state index contributed by atoms with van der Waals surface area (Å²) in [4.78, 5) is 13.5. The zero-order valence-corrected chi connectivity index (χ0v) is 20.8. The monoisotopic (exact) mass is 484 g/mol. The zero-order valence-electron chi connectivity index (χ0n) is 19.9. The van der Waals surface area contributed by atoms with Crippen LogP contribution in [0.2, 0.25) is 0 Å². The van der Waals surface area contributed by atoms with E-state index in [0.29, 0.717) is 11.3 Å². The van der Waals surface area contributed by atoms with E-state index in [2.05, 4.69) is 10.0 Å². The summed E-state index contributed by atoms with van der Waals surface area (Å²) in [6, 6.07) is 29.0. The summed E-state index contributed by atoms with van der Waals surface area (Å²) in [5.74, 6) is -0.294. The molecule has 4 rings (SSSR count). The van der Waals surface area contributed by atoms with Gasteiger partial charge in [0.25, 0.3) is 15.9 Å². The fourth-order valence-corrected chi connectivity index (χ4v) is 5.03. The van der Waals surface area contributed by atoms with Crippen LogP contribution in [0.4, 0.5) is 5.69 Å². The molecule has 2 N–H and O–H groups in total. The Bertz CT molecular complexity index is 1450. The van der Waals surface area contributed by atoms with Gasteiger partial charge in [0, 0.05) is 5.56 Å². The molecular weight excluding hydrogens is 456 g/mol. The molecule has 0 aliphatic heterocycles. The van der Waals surface area contributed by atoms with E-state index in [1.165, 1.54) is 0 Å². The van der Waals surface area contributed by atoms with Crippen LogP contribution in [-0.4, -0.2) is 14.3 Å². The molecule has 1 amide bonds. The van der Waals surface area contributed by atoms with Crippen molar-refractivity contribution in [2.24, 2.45) is 0 Å². The van der Waals surface area contributed by atoms with Crippen LogP contribution in [0.25, 0.3) is 0 Å². The van der Waals surface area contributed by atoms with Crippen molar-refractivity contribution < 1.29 is 13.2 Å². The number of anilines is 1. The van der Waals surface area contributed by atoms with Gasteiger partial charge in [-0.1, -0.05) is 78.4 Å². The van der Waals surface area contributed by atoms with E-state index in [0.717, 1.165) is 27.8 Å². The minimum absolute atomic E-state index is 0.168. The molecule has 0 spiro atoms. The lowest BCUT2D eigenvalue weighted by Gasteiger charge is -2.22. The lowest BCUT2D eigenvalue weighted by atomic mass is 9.94. The molecular formula is C29H28N2O3S. The average molecular weight is 485 g/mol. The fraction of sp³-hybridized carbons (Fsp3) is 0.138. The quantitative estimate of drug-likeness (QED) is 0.341. The Morgan fingerprint density at radius 3 is 2.09 bits per heavy atom. The molecule has 4 aromatic carbocycles. The molecule has 178 valence electrons. The summed E-state index contributed by atoms with van der Waals surface area (Å²) in [5.41, 5.74) is 5.45. The largest absolute Gasteiger partial charge is 0.341 e. The van der Waals surface area contributed by atoms with Crippen molar-refractivity contribution in [2.45, 2.75) is 31.7 Å². The molecule has 0 heterocycles. The number of hydrogen-bond donors (Lipinski definition) is 2. The van der Waals surface area contributed by atoms with Crippen molar-refractivity contribution in [1.82, 2.24) is 5.32 Å². The number of sulfonamides is 1. The van der Waals surface area contributed by atoms with E-state index in [4.69, 9.17) is 0 Å². The number of hydrogen-bond acceptors (Lipinski definition) is 3. The van der Waals surface area contributed by atoms with Crippen molar-refractivity contribution in [3.05, 3.63) is 130 Å². The van der Waals surface area contributed by atoms with Crippen LogP contribution in [-0.2, 0) is 10.0 Å². The van der Waals surface area contributed by atoms with Gasteiger partial charge < -0.3 is 5.32 Å². The summed E-state index contributed by atoms with van der Waals surface area (Å²) >= 11 is 0. The van der Waals surface area contributed by atoms with E-state index in [1.54, 1.807) is 49.4 Å². The van der Waals surface area contributed by atoms with Gasteiger partial charge in [-0.3, -0.25) is 9.52 Å². The topological polar surface area (TPSA) is 75.3 Å². The Hall–Kier alpha value is -3.90. The van der Waals surface area contributed by atoms with Crippen molar-refractivity contribution in [3.8, 4) is 0 Å². The van der Waals surface area contributed by atoms with Crippen LogP contribution in [0.3, 0.4) is 0 Å². The van der Waals surface area contributed by atoms with E-state index in [1.807, 2.05) is 68.4 Å². The standard InChI is InChI=1S/C29H28N2O3S/c1-20-13-17-25(18-14-20)35(33,34)31-27-19-24(16-15-22(27)3)29(32)30-28(23-10-5-4-6-11-23)26-12-8-7-9-21(26)2/h4-19,28,31H,1-3H3,(H,30,32)/t28-/m0/s1. The van der Waals surface area contributed by atoms with Gasteiger partial charge in [-0.2, -0.15) is 0 Å². The second kappa shape index (κ2) is 10.2. The highest BCUT2D eigenvalue weighted by molar-refractivity contribution is 7.92.